The number of thioether (sulfide) groups is 1. The number of anilines is 1. The van der Waals surface area contributed by atoms with Crippen molar-refractivity contribution in [2.45, 2.75) is 13.3 Å². The van der Waals surface area contributed by atoms with E-state index in [9.17, 15) is 24.5 Å². The van der Waals surface area contributed by atoms with E-state index in [1.54, 1.807) is 11.8 Å². The molecule has 0 saturated carbocycles. The standard InChI is InChI=1S/C15H17N3O6S/c1-10-2-3-11(8-12(10)18(22)23)16-13(19)9-24-14(20)4-5-17-6-7-25-15(17)21/h2-3,8H,4-7,9H2,1H3,(H,16,19). The van der Waals surface area contributed by atoms with Gasteiger partial charge in [0.2, 0.25) is 0 Å². The number of hydrogen-bond acceptors (Lipinski definition) is 7. The maximum atomic E-state index is 11.8. The monoisotopic (exact) mass is 367 g/mol. The largest absolute Gasteiger partial charge is 0.456 e. The highest BCUT2D eigenvalue weighted by molar-refractivity contribution is 8.13. The Kier molecular flexibility index (Phi) is 6.34. The number of nitrogens with one attached hydrogen (secondary N) is 1. The molecule has 1 saturated heterocycles. The summed E-state index contributed by atoms with van der Waals surface area (Å²) in [6.07, 6.45) is 0.00951. The number of nitro benzene ring substituents is 1. The first-order chi connectivity index (χ1) is 11.9. The van der Waals surface area contributed by atoms with Crippen LogP contribution >= 0.6 is 11.8 Å². The Morgan fingerprint density at radius 2 is 2.20 bits per heavy atom. The number of nitrogens with zero attached hydrogens (tertiary/aromatic N) is 2. The van der Waals surface area contributed by atoms with Crippen LogP contribution < -0.4 is 5.32 Å². The highest BCUT2D eigenvalue weighted by atomic mass is 32.2. The maximum Gasteiger partial charge on any atom is 0.308 e. The smallest absolute Gasteiger partial charge is 0.308 e. The van der Waals surface area contributed by atoms with Crippen LogP contribution in [0.1, 0.15) is 12.0 Å². The molecular weight excluding hydrogens is 350 g/mol. The second kappa shape index (κ2) is 8.47. The SMILES string of the molecule is Cc1ccc(NC(=O)COC(=O)CCN2CCSC2=O)cc1[N+](=O)[O-]. The van der Waals surface area contributed by atoms with Crippen LogP contribution in [0, 0.1) is 17.0 Å². The highest BCUT2D eigenvalue weighted by Gasteiger charge is 2.21. The highest BCUT2D eigenvalue weighted by Crippen LogP contribution is 2.22. The second-order valence-electron chi connectivity index (χ2n) is 5.32. The van der Waals surface area contributed by atoms with Crippen LogP contribution in [-0.2, 0) is 14.3 Å². The Morgan fingerprint density at radius 3 is 2.84 bits per heavy atom. The third kappa shape index (κ3) is 5.45. The van der Waals surface area contributed by atoms with Gasteiger partial charge in [0, 0.05) is 36.2 Å². The van der Waals surface area contributed by atoms with Crippen LogP contribution in [-0.4, -0.2) is 52.4 Å². The number of rotatable bonds is 7. The Bertz CT molecular complexity index is 709. The first kappa shape index (κ1) is 18.7. The lowest BCUT2D eigenvalue weighted by molar-refractivity contribution is -0.385. The van der Waals surface area contributed by atoms with Gasteiger partial charge in [-0.3, -0.25) is 24.5 Å². The predicted molar refractivity (Wildman–Crippen MR) is 91.5 cm³/mol. The van der Waals surface area contributed by atoms with Gasteiger partial charge in [-0.25, -0.2) is 0 Å². The Hall–Kier alpha value is -2.62. The number of ether oxygens (including phenoxy) is 1. The third-order valence-electron chi connectivity index (χ3n) is 3.48. The summed E-state index contributed by atoms with van der Waals surface area (Å²) in [6, 6.07) is 4.29. The number of esters is 1. The van der Waals surface area contributed by atoms with Crippen molar-refractivity contribution in [2.75, 3.05) is 30.8 Å². The molecule has 0 radical (unpaired) electrons. The number of carbonyl (C=O) groups is 3. The zero-order chi connectivity index (χ0) is 18.4. The molecule has 1 N–H and O–H groups in total. The van der Waals surface area contributed by atoms with E-state index in [1.165, 1.54) is 30.0 Å². The molecule has 2 amide bonds. The molecule has 1 aromatic rings. The lowest BCUT2D eigenvalue weighted by Crippen LogP contribution is -2.27. The van der Waals surface area contributed by atoms with Gasteiger partial charge in [0.25, 0.3) is 16.8 Å². The second-order valence-corrected chi connectivity index (χ2v) is 6.36. The molecule has 1 aliphatic heterocycles. The molecule has 0 bridgehead atoms. The van der Waals surface area contributed by atoms with Gasteiger partial charge in [-0.05, 0) is 13.0 Å². The van der Waals surface area contributed by atoms with Crippen molar-refractivity contribution in [1.29, 1.82) is 0 Å². The molecule has 2 rings (SSSR count). The van der Waals surface area contributed by atoms with Crippen molar-refractivity contribution in [3.05, 3.63) is 33.9 Å². The summed E-state index contributed by atoms with van der Waals surface area (Å²) >= 11 is 1.20. The number of amides is 2. The Morgan fingerprint density at radius 1 is 1.44 bits per heavy atom. The fourth-order valence-corrected chi connectivity index (χ4v) is 3.01. The average Bonchev–Trinajstić information content (AvgIpc) is 2.97. The third-order valence-corrected chi connectivity index (χ3v) is 4.38. The molecule has 25 heavy (non-hydrogen) atoms. The van der Waals surface area contributed by atoms with Gasteiger partial charge in [-0.2, -0.15) is 0 Å². The lowest BCUT2D eigenvalue weighted by Gasteiger charge is -2.13. The summed E-state index contributed by atoms with van der Waals surface area (Å²) in [4.78, 5) is 46.7. The summed E-state index contributed by atoms with van der Waals surface area (Å²) in [5.41, 5.74) is 0.616. The molecule has 0 spiro atoms. The van der Waals surface area contributed by atoms with E-state index in [0.29, 0.717) is 17.9 Å². The fraction of sp³-hybridized carbons (Fsp3) is 0.400. The molecule has 0 unspecified atom stereocenters. The van der Waals surface area contributed by atoms with E-state index in [4.69, 9.17) is 4.74 Å². The molecule has 0 aromatic heterocycles. The van der Waals surface area contributed by atoms with Gasteiger partial charge in [-0.1, -0.05) is 17.8 Å². The first-order valence-corrected chi connectivity index (χ1v) is 8.47. The van der Waals surface area contributed by atoms with E-state index in [0.717, 1.165) is 0 Å². The van der Waals surface area contributed by atoms with Crippen LogP contribution in [0.15, 0.2) is 18.2 Å². The van der Waals surface area contributed by atoms with Crippen molar-refractivity contribution >= 4 is 40.3 Å². The maximum absolute atomic E-state index is 11.8. The average molecular weight is 367 g/mol. The molecule has 0 aliphatic carbocycles. The number of nitro groups is 1. The zero-order valence-electron chi connectivity index (χ0n) is 13.5. The minimum absolute atomic E-state index is 0.00951. The Balaban J connectivity index is 1.76. The molecular formula is C15H17N3O6S. The molecule has 1 aliphatic rings. The molecule has 10 heteroatoms. The van der Waals surface area contributed by atoms with E-state index >= 15 is 0 Å². The van der Waals surface area contributed by atoms with Crippen molar-refractivity contribution in [2.24, 2.45) is 0 Å². The van der Waals surface area contributed by atoms with Gasteiger partial charge >= 0.3 is 5.97 Å². The normalized spacial score (nSPS) is 13.6. The van der Waals surface area contributed by atoms with Crippen LogP contribution in [0.5, 0.6) is 0 Å². The van der Waals surface area contributed by atoms with Crippen molar-refractivity contribution in [3.63, 3.8) is 0 Å². The Labute approximate surface area is 147 Å². The van der Waals surface area contributed by atoms with Crippen LogP contribution in [0.4, 0.5) is 16.2 Å². The molecule has 134 valence electrons. The number of hydrogen-bond donors (Lipinski definition) is 1. The quantitative estimate of drug-likeness (QED) is 0.444. The van der Waals surface area contributed by atoms with Gasteiger partial charge in [-0.15, -0.1) is 0 Å². The molecule has 0 atom stereocenters. The van der Waals surface area contributed by atoms with Crippen molar-refractivity contribution in [3.8, 4) is 0 Å². The summed E-state index contributed by atoms with van der Waals surface area (Å²) in [5, 5.41) is 13.2. The van der Waals surface area contributed by atoms with Gasteiger partial charge < -0.3 is 15.0 Å². The van der Waals surface area contributed by atoms with Gasteiger partial charge in [0.15, 0.2) is 6.61 Å². The van der Waals surface area contributed by atoms with Crippen LogP contribution in [0.3, 0.4) is 0 Å². The van der Waals surface area contributed by atoms with E-state index < -0.39 is 23.4 Å². The number of benzene rings is 1. The minimum Gasteiger partial charge on any atom is -0.456 e. The number of carbonyl (C=O) groups excluding carboxylic acids is 3. The van der Waals surface area contributed by atoms with E-state index in [-0.39, 0.29) is 29.6 Å². The van der Waals surface area contributed by atoms with Crippen LogP contribution in [0.2, 0.25) is 0 Å². The zero-order valence-corrected chi connectivity index (χ0v) is 14.3. The predicted octanol–water partition coefficient (Wildman–Crippen LogP) is 1.94. The summed E-state index contributed by atoms with van der Waals surface area (Å²) in [7, 11) is 0. The summed E-state index contributed by atoms with van der Waals surface area (Å²) < 4.78 is 4.84. The minimum atomic E-state index is -0.598. The van der Waals surface area contributed by atoms with Gasteiger partial charge in [0.1, 0.15) is 0 Å². The molecule has 1 heterocycles. The topological polar surface area (TPSA) is 119 Å². The summed E-state index contributed by atoms with van der Waals surface area (Å²) in [6.45, 7) is 1.96. The lowest BCUT2D eigenvalue weighted by atomic mass is 10.2. The molecule has 9 nitrogen and oxygen atoms in total. The molecule has 1 fully saturated rings. The van der Waals surface area contributed by atoms with Crippen LogP contribution in [0.25, 0.3) is 0 Å². The van der Waals surface area contributed by atoms with E-state index in [2.05, 4.69) is 5.32 Å². The van der Waals surface area contributed by atoms with Crippen molar-refractivity contribution < 1.29 is 24.0 Å². The van der Waals surface area contributed by atoms with Gasteiger partial charge in [0.05, 0.1) is 11.3 Å². The first-order valence-electron chi connectivity index (χ1n) is 7.49. The number of aryl methyl sites for hydroxylation is 1. The molecule has 1 aromatic carbocycles. The fourth-order valence-electron chi connectivity index (χ4n) is 2.15. The van der Waals surface area contributed by atoms with E-state index in [1.807, 2.05) is 0 Å². The summed E-state index contributed by atoms with van der Waals surface area (Å²) in [5.74, 6) is -0.479. The van der Waals surface area contributed by atoms with Crippen molar-refractivity contribution in [1.82, 2.24) is 4.90 Å².